The van der Waals surface area contributed by atoms with Crippen LogP contribution in [0.15, 0.2) is 144 Å². The Kier molecular flexibility index (Phi) is 11.8. The summed E-state index contributed by atoms with van der Waals surface area (Å²) in [5.41, 5.74) is 4.47. The second-order valence-electron chi connectivity index (χ2n) is 11.0. The Morgan fingerprint density at radius 2 is 1.41 bits per heavy atom. The van der Waals surface area contributed by atoms with Crippen LogP contribution in [0.2, 0.25) is 0 Å². The lowest BCUT2D eigenvalue weighted by Crippen LogP contribution is -2.30. The van der Waals surface area contributed by atoms with Crippen molar-refractivity contribution >= 4 is 52.9 Å². The van der Waals surface area contributed by atoms with E-state index in [1.165, 1.54) is 11.8 Å². The van der Waals surface area contributed by atoms with E-state index in [-0.39, 0.29) is 18.2 Å². The Balaban J connectivity index is 1.35. The number of rotatable bonds is 12. The van der Waals surface area contributed by atoms with Crippen molar-refractivity contribution in [2.24, 2.45) is 0 Å². The van der Waals surface area contributed by atoms with Gasteiger partial charge in [-0.2, -0.15) is 0 Å². The van der Waals surface area contributed by atoms with E-state index in [4.69, 9.17) is 4.74 Å². The van der Waals surface area contributed by atoms with E-state index in [0.29, 0.717) is 22.5 Å². The summed E-state index contributed by atoms with van der Waals surface area (Å²) < 4.78 is 5.05. The molecule has 5 rings (SSSR count). The van der Waals surface area contributed by atoms with E-state index >= 15 is 0 Å². The first kappa shape index (κ1) is 34.4. The molecule has 8 nitrogen and oxygen atoms in total. The number of anilines is 2. The molecule has 5 aromatic rings. The Morgan fingerprint density at radius 3 is 2.10 bits per heavy atom. The smallest absolute Gasteiger partial charge is 0.338 e. The van der Waals surface area contributed by atoms with Crippen LogP contribution in [-0.4, -0.2) is 30.3 Å². The Bertz CT molecular complexity index is 1960. The minimum absolute atomic E-state index is 0.0769. The number of benzene rings is 5. The Morgan fingerprint density at radius 1 is 0.714 bits per heavy atom. The average Bonchev–Trinajstić information content (AvgIpc) is 3.11. The number of thioether (sulfide) groups is 1. The summed E-state index contributed by atoms with van der Waals surface area (Å²) in [5, 5.41) is 7.99. The zero-order valence-electron chi connectivity index (χ0n) is 27.0. The number of ether oxygens (including phenoxy) is 1. The van der Waals surface area contributed by atoms with Gasteiger partial charge < -0.3 is 20.7 Å². The number of hydrogen-bond acceptors (Lipinski definition) is 6. The van der Waals surface area contributed by atoms with Crippen LogP contribution in [-0.2, 0) is 14.3 Å². The van der Waals surface area contributed by atoms with Gasteiger partial charge in [0.2, 0.25) is 5.91 Å². The van der Waals surface area contributed by atoms with Crippen LogP contribution in [0.4, 0.5) is 11.4 Å². The molecule has 0 aliphatic heterocycles. The van der Waals surface area contributed by atoms with Crippen LogP contribution in [0.5, 0.6) is 0 Å². The van der Waals surface area contributed by atoms with E-state index in [2.05, 4.69) is 16.0 Å². The second-order valence-corrected chi connectivity index (χ2v) is 12.1. The Hall–Kier alpha value is -5.93. The Labute approximate surface area is 289 Å². The summed E-state index contributed by atoms with van der Waals surface area (Å²) in [7, 11) is 0. The lowest BCUT2D eigenvalue weighted by molar-refractivity contribution is -0.116. The van der Waals surface area contributed by atoms with Crippen molar-refractivity contribution in [2.75, 3.05) is 17.2 Å². The molecule has 0 aliphatic carbocycles. The molecule has 0 saturated carbocycles. The van der Waals surface area contributed by atoms with Crippen LogP contribution in [0.25, 0.3) is 6.08 Å². The molecule has 0 aliphatic rings. The lowest BCUT2D eigenvalue weighted by atomic mass is 10.1. The maximum Gasteiger partial charge on any atom is 0.338 e. The lowest BCUT2D eigenvalue weighted by Gasteiger charge is -2.18. The van der Waals surface area contributed by atoms with Gasteiger partial charge in [-0.25, -0.2) is 4.79 Å². The molecule has 0 heterocycles. The molecular formula is C40H35N3O5S. The topological polar surface area (TPSA) is 114 Å². The van der Waals surface area contributed by atoms with Crippen LogP contribution < -0.4 is 16.0 Å². The quantitative estimate of drug-likeness (QED) is 0.0704. The summed E-state index contributed by atoms with van der Waals surface area (Å²) in [4.78, 5) is 53.1. The fraction of sp³-hybridized carbons (Fsp3) is 0.100. The zero-order chi connectivity index (χ0) is 34.6. The monoisotopic (exact) mass is 669 g/mol. The summed E-state index contributed by atoms with van der Waals surface area (Å²) in [6.07, 6.45) is 1.64. The fourth-order valence-corrected chi connectivity index (χ4v) is 5.95. The highest BCUT2D eigenvalue weighted by atomic mass is 32.2. The standard InChI is InChI=1S/C40H35N3O5S/c1-3-48-40(47)31-20-22-32(23-21-31)41-39(46)36(29-14-6-4-7-15-29)49-34-19-11-18-33(26-34)42-38(45)35(25-28-13-10-12-27(2)24-28)43-37(44)30-16-8-5-9-17-30/h4-26,36H,3H2,1-2H3,(H,41,46)(H,42,45)(H,43,44)/b35-25+. The van der Waals surface area contributed by atoms with Gasteiger partial charge in [-0.3, -0.25) is 14.4 Å². The third-order valence-corrected chi connectivity index (χ3v) is 8.48. The number of carbonyl (C=O) groups excluding carboxylic acids is 4. The molecule has 0 fully saturated rings. The first-order chi connectivity index (χ1) is 23.8. The van der Waals surface area contributed by atoms with Gasteiger partial charge in [0.05, 0.1) is 12.2 Å². The highest BCUT2D eigenvalue weighted by molar-refractivity contribution is 8.00. The molecule has 3 amide bonds. The van der Waals surface area contributed by atoms with E-state index in [1.54, 1.807) is 79.7 Å². The van der Waals surface area contributed by atoms with Gasteiger partial charge in [-0.1, -0.05) is 84.4 Å². The number of amides is 3. The second kappa shape index (κ2) is 16.8. The summed E-state index contributed by atoms with van der Waals surface area (Å²) >= 11 is 1.32. The predicted octanol–water partition coefficient (Wildman–Crippen LogP) is 8.05. The maximum atomic E-state index is 13.7. The third kappa shape index (κ3) is 9.79. The van der Waals surface area contributed by atoms with Crippen LogP contribution in [0.1, 0.15) is 49.6 Å². The van der Waals surface area contributed by atoms with Crippen molar-refractivity contribution in [3.05, 3.63) is 167 Å². The van der Waals surface area contributed by atoms with Crippen molar-refractivity contribution in [3.63, 3.8) is 0 Å². The predicted molar refractivity (Wildman–Crippen MR) is 194 cm³/mol. The van der Waals surface area contributed by atoms with Crippen molar-refractivity contribution in [1.29, 1.82) is 0 Å². The first-order valence-electron chi connectivity index (χ1n) is 15.6. The third-order valence-electron chi connectivity index (χ3n) is 7.23. The summed E-state index contributed by atoms with van der Waals surface area (Å²) in [6.45, 7) is 3.97. The molecule has 0 aromatic heterocycles. The van der Waals surface area contributed by atoms with Crippen molar-refractivity contribution in [1.82, 2.24) is 5.32 Å². The van der Waals surface area contributed by atoms with Crippen LogP contribution in [0, 0.1) is 6.92 Å². The molecule has 3 N–H and O–H groups in total. The summed E-state index contributed by atoms with van der Waals surface area (Å²) in [6, 6.07) is 39.4. The van der Waals surface area contributed by atoms with Crippen molar-refractivity contribution < 1.29 is 23.9 Å². The van der Waals surface area contributed by atoms with Gasteiger partial charge in [0.1, 0.15) is 10.9 Å². The minimum atomic E-state index is -0.640. The normalized spacial score (nSPS) is 11.6. The summed E-state index contributed by atoms with van der Waals surface area (Å²) in [5.74, 6) is -1.61. The van der Waals surface area contributed by atoms with Crippen LogP contribution >= 0.6 is 11.8 Å². The molecule has 9 heteroatoms. The molecule has 0 radical (unpaired) electrons. The van der Waals surface area contributed by atoms with Gasteiger partial charge in [0.15, 0.2) is 0 Å². The largest absolute Gasteiger partial charge is 0.462 e. The highest BCUT2D eigenvalue weighted by Gasteiger charge is 2.23. The molecule has 246 valence electrons. The van der Waals surface area contributed by atoms with E-state index < -0.39 is 23.0 Å². The molecular weight excluding hydrogens is 635 g/mol. The van der Waals surface area contributed by atoms with E-state index in [0.717, 1.165) is 21.6 Å². The molecule has 0 spiro atoms. The van der Waals surface area contributed by atoms with Crippen molar-refractivity contribution in [3.8, 4) is 0 Å². The number of nitrogens with one attached hydrogen (secondary N) is 3. The number of hydrogen-bond donors (Lipinski definition) is 3. The van der Waals surface area contributed by atoms with Crippen molar-refractivity contribution in [2.45, 2.75) is 24.0 Å². The van der Waals surface area contributed by atoms with E-state index in [9.17, 15) is 19.2 Å². The average molecular weight is 670 g/mol. The molecule has 0 saturated heterocycles. The number of aryl methyl sites for hydroxylation is 1. The number of esters is 1. The van der Waals surface area contributed by atoms with E-state index in [1.807, 2.05) is 73.7 Å². The van der Waals surface area contributed by atoms with Gasteiger partial charge in [0.25, 0.3) is 11.8 Å². The number of carbonyl (C=O) groups is 4. The molecule has 5 aromatic carbocycles. The molecule has 49 heavy (non-hydrogen) atoms. The SMILES string of the molecule is CCOC(=O)c1ccc(NC(=O)C(Sc2cccc(NC(=O)/C(=C\c3cccc(C)c3)NC(=O)c3ccccc3)c2)c2ccccc2)cc1. The van der Waals surface area contributed by atoms with Gasteiger partial charge in [0, 0.05) is 21.8 Å². The zero-order valence-corrected chi connectivity index (χ0v) is 27.8. The van der Waals surface area contributed by atoms with Crippen LogP contribution in [0.3, 0.4) is 0 Å². The molecule has 1 atom stereocenters. The van der Waals surface area contributed by atoms with Gasteiger partial charge >= 0.3 is 5.97 Å². The minimum Gasteiger partial charge on any atom is -0.462 e. The maximum absolute atomic E-state index is 13.7. The first-order valence-corrected chi connectivity index (χ1v) is 16.5. The molecule has 1 unspecified atom stereocenters. The molecule has 0 bridgehead atoms. The van der Waals surface area contributed by atoms with Gasteiger partial charge in [-0.05, 0) is 85.6 Å². The van der Waals surface area contributed by atoms with Gasteiger partial charge in [-0.15, -0.1) is 11.8 Å². The highest BCUT2D eigenvalue weighted by Crippen LogP contribution is 2.37. The fourth-order valence-electron chi connectivity index (χ4n) is 4.86.